The van der Waals surface area contributed by atoms with Gasteiger partial charge in [-0.15, -0.1) is 0 Å². The SMILES string of the molecule is CCOc1ccc(C2C(=O)NC(=S)N2c2ccccc2)cc1. The molecule has 5 heteroatoms. The van der Waals surface area contributed by atoms with E-state index in [4.69, 9.17) is 17.0 Å². The maximum Gasteiger partial charge on any atom is 0.253 e. The van der Waals surface area contributed by atoms with Crippen molar-refractivity contribution in [2.75, 3.05) is 11.5 Å². The minimum absolute atomic E-state index is 0.113. The summed E-state index contributed by atoms with van der Waals surface area (Å²) in [4.78, 5) is 14.1. The van der Waals surface area contributed by atoms with Crippen LogP contribution in [0.25, 0.3) is 0 Å². The van der Waals surface area contributed by atoms with Crippen LogP contribution in [-0.2, 0) is 4.79 Å². The van der Waals surface area contributed by atoms with E-state index in [1.165, 1.54) is 0 Å². The summed E-state index contributed by atoms with van der Waals surface area (Å²) in [5.41, 5.74) is 1.77. The van der Waals surface area contributed by atoms with Crippen molar-refractivity contribution in [3.05, 3.63) is 60.2 Å². The molecule has 1 heterocycles. The first-order valence-corrected chi connectivity index (χ1v) is 7.53. The van der Waals surface area contributed by atoms with Crippen LogP contribution in [0, 0.1) is 0 Å². The van der Waals surface area contributed by atoms with Gasteiger partial charge in [0.1, 0.15) is 11.8 Å². The predicted octanol–water partition coefficient (Wildman–Crippen LogP) is 3.05. The van der Waals surface area contributed by atoms with Crippen LogP contribution in [0.5, 0.6) is 5.75 Å². The Hall–Kier alpha value is -2.40. The molecule has 1 saturated heterocycles. The molecule has 1 aliphatic rings. The second-order valence-corrected chi connectivity index (χ2v) is 5.29. The highest BCUT2D eigenvalue weighted by molar-refractivity contribution is 7.80. The molecule has 1 aliphatic heterocycles. The van der Waals surface area contributed by atoms with Crippen molar-refractivity contribution < 1.29 is 9.53 Å². The zero-order valence-electron chi connectivity index (χ0n) is 12.2. The number of nitrogens with zero attached hydrogens (tertiary/aromatic N) is 1. The zero-order chi connectivity index (χ0) is 15.5. The molecule has 4 nitrogen and oxygen atoms in total. The number of rotatable bonds is 4. The summed E-state index contributed by atoms with van der Waals surface area (Å²) in [6, 6.07) is 16.8. The van der Waals surface area contributed by atoms with Crippen LogP contribution in [0.4, 0.5) is 5.69 Å². The summed E-state index contributed by atoms with van der Waals surface area (Å²) in [5, 5.41) is 3.17. The Morgan fingerprint density at radius 2 is 1.82 bits per heavy atom. The maximum atomic E-state index is 12.3. The number of carbonyl (C=O) groups excluding carboxylic acids is 1. The number of hydrogen-bond donors (Lipinski definition) is 1. The average Bonchev–Trinajstić information content (AvgIpc) is 2.84. The molecule has 0 saturated carbocycles. The molecule has 1 atom stereocenters. The molecule has 1 unspecified atom stereocenters. The molecule has 0 aliphatic carbocycles. The van der Waals surface area contributed by atoms with Gasteiger partial charge in [0, 0.05) is 5.69 Å². The lowest BCUT2D eigenvalue weighted by Crippen LogP contribution is -2.29. The standard InChI is InChI=1S/C17H16N2O2S/c1-2-21-14-10-8-12(9-11-14)15-16(20)18-17(22)19(15)13-6-4-3-5-7-13/h3-11,15H,2H2,1H3,(H,18,20,22). The molecule has 3 rings (SSSR count). The highest BCUT2D eigenvalue weighted by Crippen LogP contribution is 2.32. The third-order valence-electron chi connectivity index (χ3n) is 3.50. The van der Waals surface area contributed by atoms with Crippen molar-refractivity contribution >= 4 is 28.9 Å². The van der Waals surface area contributed by atoms with E-state index in [1.807, 2.05) is 66.4 Å². The van der Waals surface area contributed by atoms with Crippen molar-refractivity contribution in [1.82, 2.24) is 5.32 Å². The van der Waals surface area contributed by atoms with E-state index >= 15 is 0 Å². The highest BCUT2D eigenvalue weighted by Gasteiger charge is 2.37. The number of benzene rings is 2. The fourth-order valence-electron chi connectivity index (χ4n) is 2.54. The predicted molar refractivity (Wildman–Crippen MR) is 90.0 cm³/mol. The van der Waals surface area contributed by atoms with Gasteiger partial charge in [-0.1, -0.05) is 30.3 Å². The van der Waals surface area contributed by atoms with E-state index in [-0.39, 0.29) is 5.91 Å². The van der Waals surface area contributed by atoms with E-state index in [0.29, 0.717) is 11.7 Å². The summed E-state index contributed by atoms with van der Waals surface area (Å²) >= 11 is 5.31. The maximum absolute atomic E-state index is 12.3. The van der Waals surface area contributed by atoms with E-state index in [0.717, 1.165) is 17.0 Å². The van der Waals surface area contributed by atoms with E-state index < -0.39 is 6.04 Å². The van der Waals surface area contributed by atoms with Gasteiger partial charge in [-0.25, -0.2) is 0 Å². The molecule has 112 valence electrons. The number of amides is 1. The first kappa shape index (κ1) is 14.5. The molecule has 2 aromatic carbocycles. The summed E-state index contributed by atoms with van der Waals surface area (Å²) in [5.74, 6) is 0.677. The summed E-state index contributed by atoms with van der Waals surface area (Å²) < 4.78 is 5.44. The van der Waals surface area contributed by atoms with Crippen molar-refractivity contribution in [2.45, 2.75) is 13.0 Å². The largest absolute Gasteiger partial charge is 0.494 e. The first-order valence-electron chi connectivity index (χ1n) is 7.12. The monoisotopic (exact) mass is 312 g/mol. The van der Waals surface area contributed by atoms with Crippen LogP contribution < -0.4 is 15.0 Å². The number of hydrogen-bond acceptors (Lipinski definition) is 3. The third-order valence-corrected chi connectivity index (χ3v) is 3.80. The lowest BCUT2D eigenvalue weighted by molar-refractivity contribution is -0.119. The molecule has 0 aromatic heterocycles. The van der Waals surface area contributed by atoms with Gasteiger partial charge in [0.15, 0.2) is 5.11 Å². The first-order chi connectivity index (χ1) is 10.7. The van der Waals surface area contributed by atoms with Gasteiger partial charge >= 0.3 is 0 Å². The Bertz CT molecular complexity index is 686. The van der Waals surface area contributed by atoms with Crippen LogP contribution in [-0.4, -0.2) is 17.6 Å². The minimum atomic E-state index is -0.453. The van der Waals surface area contributed by atoms with Gasteiger partial charge in [0.05, 0.1) is 6.61 Å². The number of carbonyl (C=O) groups is 1. The topological polar surface area (TPSA) is 41.6 Å². The molecule has 22 heavy (non-hydrogen) atoms. The molecule has 0 bridgehead atoms. The lowest BCUT2D eigenvalue weighted by Gasteiger charge is -2.23. The molecule has 0 spiro atoms. The molecule has 1 N–H and O–H groups in total. The van der Waals surface area contributed by atoms with E-state index in [2.05, 4.69) is 5.32 Å². The second kappa shape index (κ2) is 6.15. The Morgan fingerprint density at radius 3 is 2.45 bits per heavy atom. The molecule has 0 radical (unpaired) electrons. The zero-order valence-corrected chi connectivity index (χ0v) is 13.0. The van der Waals surface area contributed by atoms with Crippen LogP contribution in [0.2, 0.25) is 0 Å². The lowest BCUT2D eigenvalue weighted by atomic mass is 10.1. The van der Waals surface area contributed by atoms with E-state index in [1.54, 1.807) is 0 Å². The minimum Gasteiger partial charge on any atom is -0.494 e. The van der Waals surface area contributed by atoms with Gasteiger partial charge in [0.25, 0.3) is 5.91 Å². The van der Waals surface area contributed by atoms with Gasteiger partial charge < -0.3 is 15.0 Å². The molecule has 1 amide bonds. The number of ether oxygens (including phenoxy) is 1. The van der Waals surface area contributed by atoms with Crippen molar-refractivity contribution in [1.29, 1.82) is 0 Å². The van der Waals surface area contributed by atoms with Crippen molar-refractivity contribution in [3.8, 4) is 5.75 Å². The summed E-state index contributed by atoms with van der Waals surface area (Å²) in [6.07, 6.45) is 0. The summed E-state index contributed by atoms with van der Waals surface area (Å²) in [7, 11) is 0. The molecular formula is C17H16N2O2S. The third kappa shape index (κ3) is 2.67. The number of para-hydroxylation sites is 1. The Labute approximate surface area is 134 Å². The van der Waals surface area contributed by atoms with Crippen molar-refractivity contribution in [3.63, 3.8) is 0 Å². The van der Waals surface area contributed by atoms with E-state index in [9.17, 15) is 4.79 Å². The van der Waals surface area contributed by atoms with Gasteiger partial charge in [-0.2, -0.15) is 0 Å². The number of thiocarbonyl (C=S) groups is 1. The average molecular weight is 312 g/mol. The Kier molecular flexibility index (Phi) is 4.06. The normalized spacial score (nSPS) is 17.5. The Balaban J connectivity index is 1.95. The van der Waals surface area contributed by atoms with Gasteiger partial charge in [-0.3, -0.25) is 4.79 Å². The summed E-state index contributed by atoms with van der Waals surface area (Å²) in [6.45, 7) is 2.55. The second-order valence-electron chi connectivity index (χ2n) is 4.90. The van der Waals surface area contributed by atoms with Crippen LogP contribution in [0.15, 0.2) is 54.6 Å². The molecular weight excluding hydrogens is 296 g/mol. The highest BCUT2D eigenvalue weighted by atomic mass is 32.1. The fraction of sp³-hybridized carbons (Fsp3) is 0.176. The Morgan fingerprint density at radius 1 is 1.14 bits per heavy atom. The van der Waals surface area contributed by atoms with Gasteiger partial charge in [0.2, 0.25) is 0 Å². The van der Waals surface area contributed by atoms with Crippen LogP contribution in [0.3, 0.4) is 0 Å². The number of anilines is 1. The van der Waals surface area contributed by atoms with Crippen LogP contribution in [0.1, 0.15) is 18.5 Å². The van der Waals surface area contributed by atoms with Crippen LogP contribution >= 0.6 is 12.2 Å². The quantitative estimate of drug-likeness (QED) is 0.881. The fourth-order valence-corrected chi connectivity index (χ4v) is 2.85. The number of nitrogens with one attached hydrogen (secondary N) is 1. The molecule has 1 fully saturated rings. The molecule has 2 aromatic rings. The van der Waals surface area contributed by atoms with Gasteiger partial charge in [-0.05, 0) is 49.0 Å². The smallest absolute Gasteiger partial charge is 0.253 e. The van der Waals surface area contributed by atoms with Crippen molar-refractivity contribution in [2.24, 2.45) is 0 Å².